The first-order chi connectivity index (χ1) is 9.65. The lowest BCUT2D eigenvalue weighted by molar-refractivity contribution is 0.0493. The standard InChI is InChI=1S/C16H24N2O2/c1-4-14-12-17(3)9-10-18(14)16(19)13-7-6-8-15(11-13)20-5-2/h6-8,11,14H,4-5,9-10,12H2,1-3H3. The summed E-state index contributed by atoms with van der Waals surface area (Å²) >= 11 is 0. The summed E-state index contributed by atoms with van der Waals surface area (Å²) in [5.74, 6) is 0.882. The Morgan fingerprint density at radius 1 is 1.35 bits per heavy atom. The normalized spacial score (nSPS) is 19.9. The minimum atomic E-state index is 0.117. The van der Waals surface area contributed by atoms with Crippen molar-refractivity contribution < 1.29 is 9.53 Å². The smallest absolute Gasteiger partial charge is 0.254 e. The van der Waals surface area contributed by atoms with Crippen molar-refractivity contribution in [3.8, 4) is 5.75 Å². The molecule has 1 aliphatic heterocycles. The van der Waals surface area contributed by atoms with Crippen LogP contribution >= 0.6 is 0 Å². The average molecular weight is 276 g/mol. The van der Waals surface area contributed by atoms with Crippen molar-refractivity contribution in [3.05, 3.63) is 29.8 Å². The lowest BCUT2D eigenvalue weighted by atomic mass is 10.1. The number of likely N-dealkylation sites (N-methyl/N-ethyl adjacent to an activating group) is 1. The summed E-state index contributed by atoms with van der Waals surface area (Å²) in [6.45, 7) is 7.39. The number of carbonyl (C=O) groups is 1. The van der Waals surface area contributed by atoms with Gasteiger partial charge in [0.2, 0.25) is 0 Å². The fourth-order valence-electron chi connectivity index (χ4n) is 2.68. The first kappa shape index (κ1) is 14.9. The van der Waals surface area contributed by atoms with E-state index in [1.165, 1.54) is 0 Å². The zero-order valence-electron chi connectivity index (χ0n) is 12.6. The number of ether oxygens (including phenoxy) is 1. The summed E-state index contributed by atoms with van der Waals surface area (Å²) in [5, 5.41) is 0. The predicted octanol–water partition coefficient (Wildman–Crippen LogP) is 2.25. The van der Waals surface area contributed by atoms with Crippen LogP contribution in [0.3, 0.4) is 0 Å². The van der Waals surface area contributed by atoms with E-state index in [0.717, 1.165) is 37.4 Å². The first-order valence-electron chi connectivity index (χ1n) is 7.38. The van der Waals surface area contributed by atoms with Gasteiger partial charge in [-0.05, 0) is 38.6 Å². The number of nitrogens with zero attached hydrogens (tertiary/aromatic N) is 2. The minimum absolute atomic E-state index is 0.117. The monoisotopic (exact) mass is 276 g/mol. The van der Waals surface area contributed by atoms with Gasteiger partial charge in [0.05, 0.1) is 6.61 Å². The Labute approximate surface area is 121 Å². The van der Waals surface area contributed by atoms with E-state index in [1.54, 1.807) is 0 Å². The van der Waals surface area contributed by atoms with E-state index < -0.39 is 0 Å². The third-order valence-electron chi connectivity index (χ3n) is 3.81. The van der Waals surface area contributed by atoms with Crippen LogP contribution in [0.1, 0.15) is 30.6 Å². The highest BCUT2D eigenvalue weighted by Gasteiger charge is 2.28. The molecule has 0 aromatic heterocycles. The minimum Gasteiger partial charge on any atom is -0.494 e. The molecule has 1 aliphatic rings. The molecule has 0 spiro atoms. The van der Waals surface area contributed by atoms with Gasteiger partial charge in [-0.1, -0.05) is 13.0 Å². The van der Waals surface area contributed by atoms with Crippen molar-refractivity contribution in [3.63, 3.8) is 0 Å². The van der Waals surface area contributed by atoms with E-state index in [4.69, 9.17) is 4.74 Å². The van der Waals surface area contributed by atoms with E-state index in [2.05, 4.69) is 18.9 Å². The molecule has 0 bridgehead atoms. The number of hydrogen-bond donors (Lipinski definition) is 0. The van der Waals surface area contributed by atoms with Crippen molar-refractivity contribution >= 4 is 5.91 Å². The van der Waals surface area contributed by atoms with E-state index in [1.807, 2.05) is 36.1 Å². The molecule has 1 unspecified atom stereocenters. The summed E-state index contributed by atoms with van der Waals surface area (Å²) in [6.07, 6.45) is 0.987. The molecular weight excluding hydrogens is 252 g/mol. The first-order valence-corrected chi connectivity index (χ1v) is 7.38. The molecule has 2 rings (SSSR count). The number of piperazine rings is 1. The fraction of sp³-hybridized carbons (Fsp3) is 0.562. The molecule has 1 saturated heterocycles. The number of carbonyl (C=O) groups excluding carboxylic acids is 1. The lowest BCUT2D eigenvalue weighted by Crippen LogP contribution is -2.53. The molecule has 0 aliphatic carbocycles. The van der Waals surface area contributed by atoms with Crippen LogP contribution in [0.4, 0.5) is 0 Å². The highest BCUT2D eigenvalue weighted by atomic mass is 16.5. The zero-order valence-corrected chi connectivity index (χ0v) is 12.6. The van der Waals surface area contributed by atoms with Gasteiger partial charge in [-0.2, -0.15) is 0 Å². The zero-order chi connectivity index (χ0) is 14.5. The van der Waals surface area contributed by atoms with Gasteiger partial charge in [-0.25, -0.2) is 0 Å². The maximum atomic E-state index is 12.7. The van der Waals surface area contributed by atoms with E-state index in [0.29, 0.717) is 12.6 Å². The van der Waals surface area contributed by atoms with Crippen molar-refractivity contribution in [2.45, 2.75) is 26.3 Å². The maximum absolute atomic E-state index is 12.7. The Morgan fingerprint density at radius 3 is 2.85 bits per heavy atom. The van der Waals surface area contributed by atoms with Gasteiger partial charge >= 0.3 is 0 Å². The van der Waals surface area contributed by atoms with Crippen LogP contribution in [0.2, 0.25) is 0 Å². The highest BCUT2D eigenvalue weighted by Crippen LogP contribution is 2.19. The molecule has 4 nitrogen and oxygen atoms in total. The average Bonchev–Trinajstić information content (AvgIpc) is 2.47. The molecule has 0 radical (unpaired) electrons. The largest absolute Gasteiger partial charge is 0.494 e. The third kappa shape index (κ3) is 3.31. The van der Waals surface area contributed by atoms with Crippen LogP contribution in [0.5, 0.6) is 5.75 Å². The summed E-state index contributed by atoms with van der Waals surface area (Å²) in [5.41, 5.74) is 0.721. The molecule has 1 aromatic carbocycles. The van der Waals surface area contributed by atoms with E-state index >= 15 is 0 Å². The molecule has 1 heterocycles. The quantitative estimate of drug-likeness (QED) is 0.845. The summed E-state index contributed by atoms with van der Waals surface area (Å²) in [7, 11) is 2.11. The van der Waals surface area contributed by atoms with Crippen molar-refractivity contribution in [2.75, 3.05) is 33.3 Å². The number of hydrogen-bond acceptors (Lipinski definition) is 3. The van der Waals surface area contributed by atoms with Gasteiger partial charge < -0.3 is 14.5 Å². The molecule has 0 N–H and O–H groups in total. The molecule has 4 heteroatoms. The van der Waals surface area contributed by atoms with E-state index in [9.17, 15) is 4.79 Å². The van der Waals surface area contributed by atoms with E-state index in [-0.39, 0.29) is 5.91 Å². The van der Waals surface area contributed by atoms with Crippen LogP contribution in [0.15, 0.2) is 24.3 Å². The Morgan fingerprint density at radius 2 is 2.15 bits per heavy atom. The summed E-state index contributed by atoms with van der Waals surface area (Å²) in [4.78, 5) is 17.0. The molecular formula is C16H24N2O2. The Balaban J connectivity index is 2.15. The molecule has 0 saturated carbocycles. The molecule has 110 valence electrons. The van der Waals surface area contributed by atoms with Crippen molar-refractivity contribution in [2.24, 2.45) is 0 Å². The SMILES string of the molecule is CCOc1cccc(C(=O)N2CCN(C)CC2CC)c1. The van der Waals surface area contributed by atoms with Gasteiger partial charge in [0.25, 0.3) is 5.91 Å². The maximum Gasteiger partial charge on any atom is 0.254 e. The van der Waals surface area contributed by atoms with Crippen LogP contribution in [0, 0.1) is 0 Å². The topological polar surface area (TPSA) is 32.8 Å². The van der Waals surface area contributed by atoms with Crippen molar-refractivity contribution in [1.82, 2.24) is 9.80 Å². The second-order valence-corrected chi connectivity index (χ2v) is 5.28. The van der Waals surface area contributed by atoms with Gasteiger partial charge in [0.15, 0.2) is 0 Å². The second-order valence-electron chi connectivity index (χ2n) is 5.28. The Hall–Kier alpha value is -1.55. The highest BCUT2D eigenvalue weighted by molar-refractivity contribution is 5.95. The Bertz CT molecular complexity index is 462. The van der Waals surface area contributed by atoms with Gasteiger partial charge in [-0.15, -0.1) is 0 Å². The van der Waals surface area contributed by atoms with Crippen LogP contribution in [-0.2, 0) is 0 Å². The van der Waals surface area contributed by atoms with Crippen LogP contribution < -0.4 is 4.74 Å². The fourth-order valence-corrected chi connectivity index (χ4v) is 2.68. The molecule has 1 atom stereocenters. The predicted molar refractivity (Wildman–Crippen MR) is 80.2 cm³/mol. The van der Waals surface area contributed by atoms with Gasteiger partial charge in [0, 0.05) is 31.2 Å². The van der Waals surface area contributed by atoms with Gasteiger partial charge in [-0.3, -0.25) is 4.79 Å². The van der Waals surface area contributed by atoms with Crippen molar-refractivity contribution in [1.29, 1.82) is 0 Å². The molecule has 1 amide bonds. The lowest BCUT2D eigenvalue weighted by Gasteiger charge is -2.39. The molecule has 1 fully saturated rings. The third-order valence-corrected chi connectivity index (χ3v) is 3.81. The Kier molecular flexibility index (Phi) is 5.01. The summed E-state index contributed by atoms with van der Waals surface area (Å²) in [6, 6.07) is 7.79. The number of rotatable bonds is 4. The van der Waals surface area contributed by atoms with Crippen LogP contribution in [0.25, 0.3) is 0 Å². The number of amides is 1. The van der Waals surface area contributed by atoms with Crippen LogP contribution in [-0.4, -0.2) is 55.0 Å². The second kappa shape index (κ2) is 6.75. The molecule has 1 aromatic rings. The molecule has 20 heavy (non-hydrogen) atoms. The van der Waals surface area contributed by atoms with Gasteiger partial charge in [0.1, 0.15) is 5.75 Å². The number of benzene rings is 1. The summed E-state index contributed by atoms with van der Waals surface area (Å²) < 4.78 is 5.48.